The van der Waals surface area contributed by atoms with Crippen molar-refractivity contribution in [1.29, 1.82) is 0 Å². The summed E-state index contributed by atoms with van der Waals surface area (Å²) < 4.78 is 0. The van der Waals surface area contributed by atoms with E-state index in [2.05, 4.69) is 12.8 Å². The number of hydrogen-bond donors (Lipinski definition) is 0. The molecule has 1 atom stereocenters. The molecule has 2 aliphatic rings. The molecule has 0 spiro atoms. The van der Waals surface area contributed by atoms with E-state index in [0.717, 1.165) is 11.1 Å². The number of nitrogens with zero attached hydrogens (tertiary/aromatic N) is 1. The molecule has 0 unspecified atom stereocenters. The first-order chi connectivity index (χ1) is 10.1. The van der Waals surface area contributed by atoms with Crippen molar-refractivity contribution in [3.05, 3.63) is 33.8 Å². The maximum Gasteiger partial charge on any atom is 0.256 e. The number of rotatable bonds is 2. The summed E-state index contributed by atoms with van der Waals surface area (Å²) in [6.07, 6.45) is 11.8. The van der Waals surface area contributed by atoms with Crippen molar-refractivity contribution in [2.24, 2.45) is 5.92 Å². The van der Waals surface area contributed by atoms with Crippen LogP contribution in [0.1, 0.15) is 60.5 Å². The zero-order valence-corrected chi connectivity index (χ0v) is 13.1. The van der Waals surface area contributed by atoms with Crippen molar-refractivity contribution in [3.63, 3.8) is 0 Å². The zero-order chi connectivity index (χ0) is 15.0. The minimum atomic E-state index is 0.0663. The lowest BCUT2D eigenvalue weighted by Gasteiger charge is -2.34. The minimum Gasteiger partial charge on any atom is -0.331 e. The van der Waals surface area contributed by atoms with Crippen molar-refractivity contribution in [3.8, 4) is 12.3 Å². The number of fused-ring (bicyclic) bond motifs is 1. The molecule has 1 aromatic carbocycles. The van der Waals surface area contributed by atoms with Crippen LogP contribution in [0, 0.1) is 18.3 Å². The highest BCUT2D eigenvalue weighted by molar-refractivity contribution is 6.34. The van der Waals surface area contributed by atoms with E-state index in [1.807, 2.05) is 11.0 Å². The molecule has 1 aromatic rings. The Morgan fingerprint density at radius 1 is 1.33 bits per heavy atom. The highest BCUT2D eigenvalue weighted by atomic mass is 35.5. The summed E-state index contributed by atoms with van der Waals surface area (Å²) in [5, 5.41) is 0.490. The smallest absolute Gasteiger partial charge is 0.256 e. The summed E-state index contributed by atoms with van der Waals surface area (Å²) in [5.41, 5.74) is 2.38. The van der Waals surface area contributed by atoms with Crippen LogP contribution in [-0.4, -0.2) is 16.8 Å². The first-order valence-corrected chi connectivity index (χ1v) is 8.09. The summed E-state index contributed by atoms with van der Waals surface area (Å²) >= 11 is 6.26. The van der Waals surface area contributed by atoms with Crippen LogP contribution in [0.3, 0.4) is 0 Å². The second-order valence-corrected chi connectivity index (χ2v) is 6.62. The van der Waals surface area contributed by atoms with Crippen molar-refractivity contribution in [2.45, 2.75) is 51.6 Å². The minimum absolute atomic E-state index is 0.0663. The predicted molar refractivity (Wildman–Crippen MR) is 85.3 cm³/mol. The van der Waals surface area contributed by atoms with Crippen LogP contribution in [0.5, 0.6) is 0 Å². The second-order valence-electron chi connectivity index (χ2n) is 6.21. The summed E-state index contributed by atoms with van der Waals surface area (Å²) in [6, 6.07) is 3.91. The molecule has 0 radical (unpaired) electrons. The third kappa shape index (κ3) is 2.56. The number of carbonyl (C=O) groups is 1. The molecule has 1 heterocycles. The highest BCUT2D eigenvalue weighted by Crippen LogP contribution is 2.36. The van der Waals surface area contributed by atoms with Crippen LogP contribution in [-0.2, 0) is 6.54 Å². The van der Waals surface area contributed by atoms with Crippen LogP contribution in [0.15, 0.2) is 12.1 Å². The largest absolute Gasteiger partial charge is 0.331 e. The molecule has 110 valence electrons. The number of benzene rings is 1. The SMILES string of the molecule is C#Cc1cc(Cl)c2c(c1)CN([C@@H](C)C1CCCCC1)C2=O. The Labute approximate surface area is 131 Å². The van der Waals surface area contributed by atoms with Crippen molar-refractivity contribution < 1.29 is 4.79 Å². The monoisotopic (exact) mass is 301 g/mol. The molecule has 1 aliphatic carbocycles. The van der Waals surface area contributed by atoms with Crippen molar-refractivity contribution >= 4 is 17.5 Å². The summed E-state index contributed by atoms with van der Waals surface area (Å²) in [6.45, 7) is 2.82. The number of hydrogen-bond acceptors (Lipinski definition) is 1. The Morgan fingerprint density at radius 3 is 2.71 bits per heavy atom. The fourth-order valence-electron chi connectivity index (χ4n) is 3.71. The standard InChI is InChI=1S/C18H20ClNO/c1-3-13-9-15-11-20(18(21)17(15)16(19)10-13)12(2)14-7-5-4-6-8-14/h1,9-10,12,14H,4-8,11H2,2H3/t12-/m0/s1. The average Bonchev–Trinajstić information content (AvgIpc) is 2.84. The molecule has 0 aromatic heterocycles. The van der Waals surface area contributed by atoms with Gasteiger partial charge in [0.25, 0.3) is 5.91 Å². The van der Waals surface area contributed by atoms with Gasteiger partial charge in [0.15, 0.2) is 0 Å². The predicted octanol–water partition coefficient (Wildman–Crippen LogP) is 4.25. The first-order valence-electron chi connectivity index (χ1n) is 7.72. The Morgan fingerprint density at radius 2 is 2.05 bits per heavy atom. The van der Waals surface area contributed by atoms with Gasteiger partial charge in [-0.3, -0.25) is 4.79 Å². The van der Waals surface area contributed by atoms with Crippen LogP contribution < -0.4 is 0 Å². The van der Waals surface area contributed by atoms with E-state index in [1.165, 1.54) is 32.1 Å². The van der Waals surface area contributed by atoms with Gasteiger partial charge in [-0.25, -0.2) is 0 Å². The van der Waals surface area contributed by atoms with Crippen LogP contribution in [0.4, 0.5) is 0 Å². The van der Waals surface area contributed by atoms with Crippen LogP contribution in [0.2, 0.25) is 5.02 Å². The van der Waals surface area contributed by atoms with Gasteiger partial charge in [0.2, 0.25) is 0 Å². The fraction of sp³-hybridized carbons (Fsp3) is 0.500. The summed E-state index contributed by atoms with van der Waals surface area (Å²) in [4.78, 5) is 14.7. The van der Waals surface area contributed by atoms with Gasteiger partial charge in [-0.15, -0.1) is 6.42 Å². The van der Waals surface area contributed by atoms with E-state index in [4.69, 9.17) is 18.0 Å². The van der Waals surface area contributed by atoms with E-state index < -0.39 is 0 Å². The van der Waals surface area contributed by atoms with Gasteiger partial charge in [0.1, 0.15) is 0 Å². The van der Waals surface area contributed by atoms with Gasteiger partial charge in [-0.05, 0) is 43.4 Å². The first kappa shape index (κ1) is 14.5. The molecule has 3 rings (SSSR count). The molecule has 1 amide bonds. The Hall–Kier alpha value is -1.46. The Bertz CT molecular complexity index is 610. The van der Waals surface area contributed by atoms with E-state index in [0.29, 0.717) is 23.0 Å². The number of amides is 1. The third-order valence-corrected chi connectivity index (χ3v) is 5.28. The number of terminal acetylenes is 1. The lowest BCUT2D eigenvalue weighted by atomic mass is 9.84. The Kier molecular flexibility index (Phi) is 3.95. The molecule has 21 heavy (non-hydrogen) atoms. The second kappa shape index (κ2) is 5.73. The topological polar surface area (TPSA) is 20.3 Å². The van der Waals surface area contributed by atoms with Gasteiger partial charge in [-0.2, -0.15) is 0 Å². The van der Waals surface area contributed by atoms with Gasteiger partial charge >= 0.3 is 0 Å². The molecule has 0 N–H and O–H groups in total. The highest BCUT2D eigenvalue weighted by Gasteiger charge is 2.36. The zero-order valence-electron chi connectivity index (χ0n) is 12.4. The molecule has 1 saturated carbocycles. The molecule has 0 bridgehead atoms. The van der Waals surface area contributed by atoms with Crippen LogP contribution >= 0.6 is 11.6 Å². The maximum atomic E-state index is 12.7. The number of carbonyl (C=O) groups excluding carboxylic acids is 1. The molecular formula is C18H20ClNO. The molecular weight excluding hydrogens is 282 g/mol. The molecule has 0 saturated heterocycles. The van der Waals surface area contributed by atoms with Crippen molar-refractivity contribution in [1.82, 2.24) is 4.90 Å². The lowest BCUT2D eigenvalue weighted by molar-refractivity contribution is 0.0623. The average molecular weight is 302 g/mol. The van der Waals surface area contributed by atoms with Crippen LogP contribution in [0.25, 0.3) is 0 Å². The third-order valence-electron chi connectivity index (χ3n) is 4.98. The molecule has 1 aliphatic heterocycles. The maximum absolute atomic E-state index is 12.7. The fourth-order valence-corrected chi connectivity index (χ4v) is 4.03. The van der Waals surface area contributed by atoms with Gasteiger partial charge in [0.05, 0.1) is 10.6 Å². The molecule has 1 fully saturated rings. The molecule has 2 nitrogen and oxygen atoms in total. The van der Waals surface area contributed by atoms with Gasteiger partial charge in [-0.1, -0.05) is 36.8 Å². The normalized spacial score (nSPS) is 20.2. The van der Waals surface area contributed by atoms with E-state index in [-0.39, 0.29) is 11.9 Å². The Balaban J connectivity index is 1.86. The van der Waals surface area contributed by atoms with Gasteiger partial charge < -0.3 is 4.90 Å². The van der Waals surface area contributed by atoms with E-state index in [1.54, 1.807) is 6.07 Å². The quantitative estimate of drug-likeness (QED) is 0.748. The van der Waals surface area contributed by atoms with Crippen molar-refractivity contribution in [2.75, 3.05) is 0 Å². The van der Waals surface area contributed by atoms with E-state index >= 15 is 0 Å². The van der Waals surface area contributed by atoms with Gasteiger partial charge in [0, 0.05) is 18.2 Å². The van der Waals surface area contributed by atoms with E-state index in [9.17, 15) is 4.79 Å². The summed E-state index contributed by atoms with van der Waals surface area (Å²) in [7, 11) is 0. The lowest BCUT2D eigenvalue weighted by Crippen LogP contribution is -2.39. The molecule has 3 heteroatoms. The summed E-state index contributed by atoms with van der Waals surface area (Å²) in [5.74, 6) is 3.29. The number of halogens is 1.